The summed E-state index contributed by atoms with van der Waals surface area (Å²) in [4.78, 5) is 0. The zero-order valence-corrected chi connectivity index (χ0v) is 6.97. The molecule has 2 fully saturated rings. The molecule has 0 aromatic carbocycles. The van der Waals surface area contributed by atoms with Gasteiger partial charge in [0.05, 0.1) is 6.61 Å². The molecule has 3 unspecified atom stereocenters. The molecule has 2 N–H and O–H groups in total. The molecule has 2 saturated heterocycles. The van der Waals surface area contributed by atoms with E-state index in [0.717, 1.165) is 19.7 Å². The third-order valence-corrected chi connectivity index (χ3v) is 2.50. The molecule has 2 aliphatic heterocycles. The van der Waals surface area contributed by atoms with E-state index in [-0.39, 0.29) is 0 Å². The van der Waals surface area contributed by atoms with Crippen LogP contribution in [-0.4, -0.2) is 32.0 Å². The lowest BCUT2D eigenvalue weighted by molar-refractivity contribution is 0.0586. The molecule has 64 valence electrons. The first-order valence-corrected chi connectivity index (χ1v) is 4.44. The van der Waals surface area contributed by atoms with Crippen LogP contribution in [0.5, 0.6) is 0 Å². The molecule has 0 spiro atoms. The Morgan fingerprint density at radius 1 is 1.45 bits per heavy atom. The molecule has 0 aromatic heterocycles. The van der Waals surface area contributed by atoms with Gasteiger partial charge in [-0.3, -0.25) is 5.32 Å². The zero-order chi connectivity index (χ0) is 7.68. The van der Waals surface area contributed by atoms with Crippen LogP contribution < -0.4 is 10.6 Å². The normalized spacial score (nSPS) is 45.0. The van der Waals surface area contributed by atoms with E-state index in [1.807, 2.05) is 0 Å². The molecule has 0 amide bonds. The van der Waals surface area contributed by atoms with Gasteiger partial charge >= 0.3 is 0 Å². The second-order valence-corrected chi connectivity index (χ2v) is 3.57. The Hall–Kier alpha value is -0.120. The molecule has 2 rings (SSSR count). The van der Waals surface area contributed by atoms with Crippen molar-refractivity contribution in [1.82, 2.24) is 10.6 Å². The maximum atomic E-state index is 5.60. The number of hydrogen-bond acceptors (Lipinski definition) is 3. The summed E-state index contributed by atoms with van der Waals surface area (Å²) in [7, 11) is 0. The number of ether oxygens (including phenoxy) is 1. The van der Waals surface area contributed by atoms with Crippen molar-refractivity contribution in [2.45, 2.75) is 25.6 Å². The van der Waals surface area contributed by atoms with Gasteiger partial charge in [0.25, 0.3) is 0 Å². The summed E-state index contributed by atoms with van der Waals surface area (Å²) in [6.07, 6.45) is 1.57. The lowest BCUT2D eigenvalue weighted by Gasteiger charge is -2.16. The third-order valence-electron chi connectivity index (χ3n) is 2.50. The largest absolute Gasteiger partial charge is 0.361 e. The van der Waals surface area contributed by atoms with Crippen LogP contribution in [0.3, 0.4) is 0 Å². The molecule has 11 heavy (non-hydrogen) atoms. The minimum absolute atomic E-state index is 0.319. The van der Waals surface area contributed by atoms with Crippen molar-refractivity contribution in [1.29, 1.82) is 0 Å². The molecule has 0 aromatic rings. The summed E-state index contributed by atoms with van der Waals surface area (Å²) < 4.78 is 5.60. The van der Waals surface area contributed by atoms with E-state index in [1.165, 1.54) is 6.42 Å². The zero-order valence-electron chi connectivity index (χ0n) is 6.97. The van der Waals surface area contributed by atoms with Crippen molar-refractivity contribution in [3.63, 3.8) is 0 Å². The van der Waals surface area contributed by atoms with Gasteiger partial charge in [-0.1, -0.05) is 0 Å². The van der Waals surface area contributed by atoms with E-state index in [4.69, 9.17) is 4.74 Å². The van der Waals surface area contributed by atoms with Crippen molar-refractivity contribution in [3.05, 3.63) is 0 Å². The average Bonchev–Trinajstić information content (AvgIpc) is 2.55. The van der Waals surface area contributed by atoms with E-state index >= 15 is 0 Å². The van der Waals surface area contributed by atoms with Crippen LogP contribution in [-0.2, 0) is 4.74 Å². The van der Waals surface area contributed by atoms with Gasteiger partial charge < -0.3 is 10.1 Å². The van der Waals surface area contributed by atoms with Gasteiger partial charge in [0.2, 0.25) is 0 Å². The molecule has 3 heteroatoms. The second kappa shape index (κ2) is 3.09. The van der Waals surface area contributed by atoms with Gasteiger partial charge in [-0.25, -0.2) is 0 Å². The smallest absolute Gasteiger partial charge is 0.112 e. The second-order valence-electron chi connectivity index (χ2n) is 3.57. The highest BCUT2D eigenvalue weighted by molar-refractivity contribution is 4.82. The minimum atomic E-state index is 0.319. The summed E-state index contributed by atoms with van der Waals surface area (Å²) in [5.41, 5.74) is 0. The Bertz CT molecular complexity index is 134. The quantitative estimate of drug-likeness (QED) is 0.557. The highest BCUT2D eigenvalue weighted by Gasteiger charge is 2.30. The summed E-state index contributed by atoms with van der Waals surface area (Å²) in [5.74, 6) is 0.694. The monoisotopic (exact) mass is 156 g/mol. The topological polar surface area (TPSA) is 33.3 Å². The highest BCUT2D eigenvalue weighted by atomic mass is 16.5. The minimum Gasteiger partial charge on any atom is -0.361 e. The molecule has 2 aliphatic rings. The predicted molar refractivity (Wildman–Crippen MR) is 43.3 cm³/mol. The van der Waals surface area contributed by atoms with Gasteiger partial charge in [-0.15, -0.1) is 0 Å². The summed E-state index contributed by atoms with van der Waals surface area (Å²) in [5, 5.41) is 6.78. The molecule has 0 bridgehead atoms. The maximum Gasteiger partial charge on any atom is 0.112 e. The van der Waals surface area contributed by atoms with Crippen molar-refractivity contribution < 1.29 is 4.74 Å². The molecular weight excluding hydrogens is 140 g/mol. The van der Waals surface area contributed by atoms with Crippen molar-refractivity contribution in [2.24, 2.45) is 5.92 Å². The lowest BCUT2D eigenvalue weighted by Crippen LogP contribution is -2.35. The van der Waals surface area contributed by atoms with E-state index < -0.39 is 0 Å². The summed E-state index contributed by atoms with van der Waals surface area (Å²) in [6.45, 7) is 5.31. The standard InChI is InChI=1S/C8H16N2O/c1-6-5-11-8(10-6)7-2-3-9-4-7/h6-10H,2-5H2,1H3. The molecule has 0 radical (unpaired) electrons. The van der Waals surface area contributed by atoms with Crippen molar-refractivity contribution >= 4 is 0 Å². The van der Waals surface area contributed by atoms with E-state index in [2.05, 4.69) is 17.6 Å². The van der Waals surface area contributed by atoms with E-state index in [0.29, 0.717) is 18.2 Å². The molecular formula is C8H16N2O. The Kier molecular flexibility index (Phi) is 2.11. The van der Waals surface area contributed by atoms with Crippen LogP contribution in [0.4, 0.5) is 0 Å². The fourth-order valence-electron chi connectivity index (χ4n) is 1.83. The number of hydrogen-bond donors (Lipinski definition) is 2. The first kappa shape index (κ1) is 7.53. The van der Waals surface area contributed by atoms with Gasteiger partial charge in [0.1, 0.15) is 6.23 Å². The number of nitrogens with one attached hydrogen (secondary N) is 2. The van der Waals surface area contributed by atoms with Crippen LogP contribution >= 0.6 is 0 Å². The fourth-order valence-corrected chi connectivity index (χ4v) is 1.83. The molecule has 3 nitrogen and oxygen atoms in total. The first-order chi connectivity index (χ1) is 5.36. The van der Waals surface area contributed by atoms with E-state index in [1.54, 1.807) is 0 Å². The number of rotatable bonds is 1. The fraction of sp³-hybridized carbons (Fsp3) is 1.00. The van der Waals surface area contributed by atoms with Gasteiger partial charge in [0.15, 0.2) is 0 Å². The molecule has 0 aliphatic carbocycles. The predicted octanol–water partition coefficient (Wildman–Crippen LogP) is -0.0697. The lowest BCUT2D eigenvalue weighted by atomic mass is 10.1. The van der Waals surface area contributed by atoms with Crippen LogP contribution in [0.2, 0.25) is 0 Å². The third kappa shape index (κ3) is 1.55. The Labute approximate surface area is 67.5 Å². The van der Waals surface area contributed by atoms with Crippen molar-refractivity contribution in [3.8, 4) is 0 Å². The van der Waals surface area contributed by atoms with Crippen LogP contribution in [0, 0.1) is 5.92 Å². The van der Waals surface area contributed by atoms with Gasteiger partial charge in [-0.2, -0.15) is 0 Å². The Morgan fingerprint density at radius 2 is 2.36 bits per heavy atom. The summed E-state index contributed by atoms with van der Waals surface area (Å²) in [6, 6.07) is 0.542. The van der Waals surface area contributed by atoms with Gasteiger partial charge in [0, 0.05) is 18.5 Å². The highest BCUT2D eigenvalue weighted by Crippen LogP contribution is 2.17. The first-order valence-electron chi connectivity index (χ1n) is 4.44. The molecule has 3 atom stereocenters. The maximum absolute atomic E-state index is 5.60. The molecule has 0 saturated carbocycles. The average molecular weight is 156 g/mol. The SMILES string of the molecule is CC1COC(C2CCNC2)N1. The Morgan fingerprint density at radius 3 is 2.91 bits per heavy atom. The molecule has 2 heterocycles. The van der Waals surface area contributed by atoms with Crippen LogP contribution in [0.15, 0.2) is 0 Å². The van der Waals surface area contributed by atoms with Crippen LogP contribution in [0.1, 0.15) is 13.3 Å². The van der Waals surface area contributed by atoms with Crippen LogP contribution in [0.25, 0.3) is 0 Å². The van der Waals surface area contributed by atoms with Crippen molar-refractivity contribution in [2.75, 3.05) is 19.7 Å². The summed E-state index contributed by atoms with van der Waals surface area (Å²) >= 11 is 0. The van der Waals surface area contributed by atoms with Gasteiger partial charge in [-0.05, 0) is 19.9 Å². The van der Waals surface area contributed by atoms with E-state index in [9.17, 15) is 0 Å². The Balaban J connectivity index is 1.85.